The Morgan fingerprint density at radius 1 is 1.32 bits per heavy atom. The van der Waals surface area contributed by atoms with Gasteiger partial charge in [0.05, 0.1) is 12.2 Å². The average molecular weight is 256 g/mol. The third kappa shape index (κ3) is 3.51. The summed E-state index contributed by atoms with van der Waals surface area (Å²) in [6, 6.07) is 10.1. The second-order valence-corrected chi connectivity index (χ2v) is 4.86. The summed E-state index contributed by atoms with van der Waals surface area (Å²) in [5.41, 5.74) is 9.06. The summed E-state index contributed by atoms with van der Waals surface area (Å²) in [6.45, 7) is 4.71. The van der Waals surface area contributed by atoms with E-state index in [-0.39, 0.29) is 6.04 Å². The first kappa shape index (κ1) is 13.5. The molecule has 2 aromatic heterocycles. The van der Waals surface area contributed by atoms with Crippen molar-refractivity contribution >= 4 is 5.82 Å². The molecule has 19 heavy (non-hydrogen) atoms. The predicted octanol–water partition coefficient (Wildman–Crippen LogP) is 2.44. The quantitative estimate of drug-likeness (QED) is 0.913. The molecule has 0 radical (unpaired) electrons. The van der Waals surface area contributed by atoms with Crippen LogP contribution in [-0.2, 0) is 6.54 Å². The Morgan fingerprint density at radius 3 is 2.79 bits per heavy atom. The van der Waals surface area contributed by atoms with Gasteiger partial charge in [0, 0.05) is 25.0 Å². The van der Waals surface area contributed by atoms with Crippen LogP contribution in [0, 0.1) is 6.92 Å². The van der Waals surface area contributed by atoms with Crippen LogP contribution < -0.4 is 10.6 Å². The molecule has 0 saturated carbocycles. The van der Waals surface area contributed by atoms with Crippen molar-refractivity contribution in [2.45, 2.75) is 26.4 Å². The van der Waals surface area contributed by atoms with Gasteiger partial charge in [-0.2, -0.15) is 0 Å². The Hall–Kier alpha value is -1.94. The number of nitrogens with two attached hydrogens (primary N) is 1. The van der Waals surface area contributed by atoms with E-state index in [1.165, 1.54) is 0 Å². The van der Waals surface area contributed by atoms with Crippen LogP contribution in [-0.4, -0.2) is 17.0 Å². The van der Waals surface area contributed by atoms with Crippen LogP contribution in [0.3, 0.4) is 0 Å². The molecule has 0 saturated heterocycles. The topological polar surface area (TPSA) is 55.0 Å². The number of aryl methyl sites for hydroxylation is 1. The van der Waals surface area contributed by atoms with Crippen molar-refractivity contribution in [3.63, 3.8) is 0 Å². The molecule has 0 aliphatic rings. The zero-order chi connectivity index (χ0) is 13.8. The van der Waals surface area contributed by atoms with Gasteiger partial charge in [0.15, 0.2) is 0 Å². The van der Waals surface area contributed by atoms with Gasteiger partial charge in [-0.25, -0.2) is 4.98 Å². The molecule has 2 aromatic rings. The van der Waals surface area contributed by atoms with E-state index in [1.54, 1.807) is 6.20 Å². The number of pyridine rings is 2. The van der Waals surface area contributed by atoms with Gasteiger partial charge in [0.25, 0.3) is 0 Å². The van der Waals surface area contributed by atoms with Crippen LogP contribution in [0.15, 0.2) is 36.5 Å². The highest BCUT2D eigenvalue weighted by molar-refractivity contribution is 5.41. The summed E-state index contributed by atoms with van der Waals surface area (Å²) in [5.74, 6) is 0.915. The van der Waals surface area contributed by atoms with Gasteiger partial charge >= 0.3 is 0 Å². The lowest BCUT2D eigenvalue weighted by atomic mass is 10.1. The van der Waals surface area contributed by atoms with Crippen LogP contribution in [0.2, 0.25) is 0 Å². The number of aromatic nitrogens is 2. The Balaban J connectivity index is 2.15. The molecule has 0 fully saturated rings. The van der Waals surface area contributed by atoms with E-state index >= 15 is 0 Å². The van der Waals surface area contributed by atoms with E-state index in [9.17, 15) is 0 Å². The highest BCUT2D eigenvalue weighted by atomic mass is 15.2. The summed E-state index contributed by atoms with van der Waals surface area (Å²) >= 11 is 0. The van der Waals surface area contributed by atoms with Gasteiger partial charge in [0.2, 0.25) is 0 Å². The van der Waals surface area contributed by atoms with Gasteiger partial charge in [-0.05, 0) is 43.7 Å². The Bertz CT molecular complexity index is 551. The molecule has 4 heteroatoms. The molecular weight excluding hydrogens is 236 g/mol. The van der Waals surface area contributed by atoms with E-state index in [0.717, 1.165) is 29.3 Å². The van der Waals surface area contributed by atoms with Crippen LogP contribution in [0.1, 0.15) is 29.9 Å². The number of hydrogen-bond donors (Lipinski definition) is 1. The number of anilines is 1. The maximum Gasteiger partial charge on any atom is 0.128 e. The zero-order valence-electron chi connectivity index (χ0n) is 11.7. The Labute approximate surface area is 114 Å². The lowest BCUT2D eigenvalue weighted by Gasteiger charge is -2.19. The average Bonchev–Trinajstić information content (AvgIpc) is 2.39. The largest absolute Gasteiger partial charge is 0.354 e. The normalized spacial score (nSPS) is 12.2. The Morgan fingerprint density at radius 2 is 2.11 bits per heavy atom. The zero-order valence-corrected chi connectivity index (χ0v) is 11.7. The van der Waals surface area contributed by atoms with Gasteiger partial charge in [-0.1, -0.05) is 6.07 Å². The molecule has 0 unspecified atom stereocenters. The van der Waals surface area contributed by atoms with Crippen molar-refractivity contribution in [2.75, 3.05) is 11.9 Å². The summed E-state index contributed by atoms with van der Waals surface area (Å²) in [4.78, 5) is 11.0. The molecular formula is C15H20N4. The standard InChI is InChI=1S/C15H20N4/c1-11-5-4-6-14(18-11)10-19(3)15-9-13(12(2)16)7-8-17-15/h4-9,12H,10,16H2,1-3H3/t12-/m1/s1. The van der Waals surface area contributed by atoms with Crippen LogP contribution in [0.5, 0.6) is 0 Å². The monoisotopic (exact) mass is 256 g/mol. The highest BCUT2D eigenvalue weighted by Gasteiger charge is 2.07. The lowest BCUT2D eigenvalue weighted by Crippen LogP contribution is -2.19. The first-order valence-electron chi connectivity index (χ1n) is 6.41. The predicted molar refractivity (Wildman–Crippen MR) is 77.9 cm³/mol. The molecule has 0 amide bonds. The van der Waals surface area contributed by atoms with Gasteiger partial charge < -0.3 is 10.6 Å². The smallest absolute Gasteiger partial charge is 0.128 e. The minimum atomic E-state index is 0.0206. The molecule has 0 aromatic carbocycles. The molecule has 2 heterocycles. The summed E-state index contributed by atoms with van der Waals surface area (Å²) < 4.78 is 0. The number of nitrogens with zero attached hydrogens (tertiary/aromatic N) is 3. The Kier molecular flexibility index (Phi) is 4.12. The van der Waals surface area contributed by atoms with Crippen LogP contribution in [0.25, 0.3) is 0 Å². The van der Waals surface area contributed by atoms with Crippen molar-refractivity contribution in [1.82, 2.24) is 9.97 Å². The maximum atomic E-state index is 5.90. The minimum Gasteiger partial charge on any atom is -0.354 e. The van der Waals surface area contributed by atoms with Crippen molar-refractivity contribution in [3.8, 4) is 0 Å². The lowest BCUT2D eigenvalue weighted by molar-refractivity contribution is 0.806. The van der Waals surface area contributed by atoms with Crippen LogP contribution >= 0.6 is 0 Å². The van der Waals surface area contributed by atoms with Crippen LogP contribution in [0.4, 0.5) is 5.82 Å². The molecule has 0 spiro atoms. The first-order chi connectivity index (χ1) is 9.06. The fourth-order valence-electron chi connectivity index (χ4n) is 1.94. The molecule has 2 N–H and O–H groups in total. The minimum absolute atomic E-state index is 0.0206. The molecule has 0 bridgehead atoms. The van der Waals surface area contributed by atoms with E-state index in [4.69, 9.17) is 5.73 Å². The maximum absolute atomic E-state index is 5.90. The highest BCUT2D eigenvalue weighted by Crippen LogP contribution is 2.17. The molecule has 0 aliphatic carbocycles. The second-order valence-electron chi connectivity index (χ2n) is 4.86. The van der Waals surface area contributed by atoms with Crippen molar-refractivity contribution < 1.29 is 0 Å². The number of hydrogen-bond acceptors (Lipinski definition) is 4. The van der Waals surface area contributed by atoms with Gasteiger partial charge in [0.1, 0.15) is 5.82 Å². The van der Waals surface area contributed by atoms with E-state index in [2.05, 4.69) is 14.9 Å². The van der Waals surface area contributed by atoms with Crippen molar-refractivity contribution in [1.29, 1.82) is 0 Å². The summed E-state index contributed by atoms with van der Waals surface area (Å²) in [5, 5.41) is 0. The SMILES string of the molecule is Cc1cccc(CN(C)c2cc([C@@H](C)N)ccn2)n1. The molecule has 1 atom stereocenters. The number of rotatable bonds is 4. The van der Waals surface area contributed by atoms with E-state index in [0.29, 0.717) is 0 Å². The van der Waals surface area contributed by atoms with Crippen molar-refractivity contribution in [2.24, 2.45) is 5.73 Å². The van der Waals surface area contributed by atoms with Gasteiger partial charge in [-0.15, -0.1) is 0 Å². The second kappa shape index (κ2) is 5.80. The molecule has 0 aliphatic heterocycles. The summed E-state index contributed by atoms with van der Waals surface area (Å²) in [7, 11) is 2.01. The van der Waals surface area contributed by atoms with E-state index in [1.807, 2.05) is 51.2 Å². The fraction of sp³-hybridized carbons (Fsp3) is 0.333. The molecule has 2 rings (SSSR count). The third-order valence-corrected chi connectivity index (χ3v) is 3.03. The first-order valence-corrected chi connectivity index (χ1v) is 6.41. The molecule has 100 valence electrons. The van der Waals surface area contributed by atoms with E-state index < -0.39 is 0 Å². The molecule has 4 nitrogen and oxygen atoms in total. The van der Waals surface area contributed by atoms with Gasteiger partial charge in [-0.3, -0.25) is 4.98 Å². The summed E-state index contributed by atoms with van der Waals surface area (Å²) in [6.07, 6.45) is 1.80. The fourth-order valence-corrected chi connectivity index (χ4v) is 1.94. The third-order valence-electron chi connectivity index (χ3n) is 3.03. The van der Waals surface area contributed by atoms with Crippen molar-refractivity contribution in [3.05, 3.63) is 53.5 Å².